The number of carbonyl (C=O) groups excluding carboxylic acids is 5. The molecule has 1 spiro atoms. The molecule has 3 aliphatic heterocycles. The monoisotopic (exact) mass is 928 g/mol. The molecule has 4 aromatic rings. The number of likely N-dealkylation sites (tertiary alicyclic amines) is 2. The van der Waals surface area contributed by atoms with Crippen molar-refractivity contribution in [2.24, 2.45) is 16.7 Å². The van der Waals surface area contributed by atoms with Crippen molar-refractivity contribution in [2.75, 3.05) is 46.4 Å². The minimum Gasteiger partial charge on any atom is -0.465 e. The Morgan fingerprint density at radius 2 is 1.75 bits per heavy atom. The van der Waals surface area contributed by atoms with Gasteiger partial charge in [0.25, 0.3) is 11.8 Å². The largest absolute Gasteiger partial charge is 0.465 e. The van der Waals surface area contributed by atoms with Crippen molar-refractivity contribution in [2.45, 2.75) is 119 Å². The highest BCUT2D eigenvalue weighted by Crippen LogP contribution is 2.44. The second-order valence-corrected chi connectivity index (χ2v) is 19.9. The summed E-state index contributed by atoms with van der Waals surface area (Å²) in [5.41, 5.74) is 9.92. The van der Waals surface area contributed by atoms with Crippen molar-refractivity contribution in [1.82, 2.24) is 35.1 Å². The summed E-state index contributed by atoms with van der Waals surface area (Å²) in [6.07, 6.45) is 5.23. The molecule has 3 aliphatic rings. The lowest BCUT2D eigenvalue weighted by atomic mass is 9.84. The summed E-state index contributed by atoms with van der Waals surface area (Å²) in [7, 11) is 1.69. The summed E-state index contributed by atoms with van der Waals surface area (Å²) in [4.78, 5) is 76.1. The van der Waals surface area contributed by atoms with E-state index in [4.69, 9.17) is 14.5 Å². The molecule has 0 aliphatic carbocycles. The predicted molar refractivity (Wildman–Crippen MR) is 262 cm³/mol. The molecule has 14 nitrogen and oxygen atoms in total. The smallest absolute Gasteiger partial charge is 0.302 e. The van der Waals surface area contributed by atoms with Gasteiger partial charge in [-0.05, 0) is 111 Å². The van der Waals surface area contributed by atoms with Crippen LogP contribution >= 0.6 is 0 Å². The van der Waals surface area contributed by atoms with Crippen LogP contribution in [0.25, 0.3) is 33.3 Å². The maximum absolute atomic E-state index is 14.6. The summed E-state index contributed by atoms with van der Waals surface area (Å²) < 4.78 is 13.7. The zero-order valence-corrected chi connectivity index (χ0v) is 41.4. The zero-order valence-electron chi connectivity index (χ0n) is 41.4. The van der Waals surface area contributed by atoms with Crippen LogP contribution in [0.1, 0.15) is 104 Å². The maximum atomic E-state index is 14.6. The molecule has 2 N–H and O–H groups in total. The van der Waals surface area contributed by atoms with Gasteiger partial charge in [0.2, 0.25) is 11.8 Å². The highest BCUT2D eigenvalue weighted by Gasteiger charge is 2.54. The predicted octanol–water partition coefficient (Wildman–Crippen LogP) is 6.88. The number of methoxy groups -OCH3 is 1. The highest BCUT2D eigenvalue weighted by atomic mass is 16.5. The first kappa shape index (κ1) is 49.9. The van der Waals surface area contributed by atoms with E-state index >= 15 is 0 Å². The molecule has 7 rings (SSSR count). The average Bonchev–Trinajstić information content (AvgIpc) is 4.00. The zero-order chi connectivity index (χ0) is 48.9. The van der Waals surface area contributed by atoms with Gasteiger partial charge in [0.1, 0.15) is 12.1 Å². The van der Waals surface area contributed by atoms with Crippen LogP contribution < -0.4 is 10.7 Å². The summed E-state index contributed by atoms with van der Waals surface area (Å²) in [5, 5.41) is 5.84. The van der Waals surface area contributed by atoms with Gasteiger partial charge in [0, 0.05) is 87.8 Å². The van der Waals surface area contributed by atoms with Crippen LogP contribution in [0.2, 0.25) is 0 Å². The van der Waals surface area contributed by atoms with Crippen LogP contribution in [0.3, 0.4) is 0 Å². The first-order chi connectivity index (χ1) is 32.5. The molecule has 2 aromatic heterocycles. The van der Waals surface area contributed by atoms with E-state index in [2.05, 4.69) is 84.3 Å². The fourth-order valence-corrected chi connectivity index (χ4v) is 10.5. The van der Waals surface area contributed by atoms with Crippen LogP contribution in [-0.4, -0.2) is 112 Å². The molecule has 0 saturated carbocycles. The molecule has 3 saturated heterocycles. The number of hydrogen-bond donors (Lipinski definition) is 2. The number of pyridine rings is 1. The average molecular weight is 928 g/mol. The number of esters is 1. The number of aryl methyl sites for hydroxylation is 1. The first-order valence-corrected chi connectivity index (χ1v) is 24.2. The van der Waals surface area contributed by atoms with Gasteiger partial charge in [0.05, 0.1) is 29.5 Å². The summed E-state index contributed by atoms with van der Waals surface area (Å²) in [6.45, 7) is 18.5. The number of hydrazine groups is 1. The van der Waals surface area contributed by atoms with E-state index in [1.54, 1.807) is 35.0 Å². The highest BCUT2D eigenvalue weighted by molar-refractivity contribution is 5.98. The van der Waals surface area contributed by atoms with E-state index in [-0.39, 0.29) is 61.2 Å². The molecule has 4 atom stereocenters. The van der Waals surface area contributed by atoms with Gasteiger partial charge in [-0.15, -0.1) is 0 Å². The van der Waals surface area contributed by atoms with Gasteiger partial charge < -0.3 is 29.2 Å². The van der Waals surface area contributed by atoms with Crippen molar-refractivity contribution < 1.29 is 33.4 Å². The van der Waals surface area contributed by atoms with Crippen molar-refractivity contribution in [1.29, 1.82) is 0 Å². The number of fused-ring (bicyclic) bond motifs is 1. The number of amides is 4. The lowest BCUT2D eigenvalue weighted by molar-refractivity contribution is -0.146. The van der Waals surface area contributed by atoms with E-state index in [0.717, 1.165) is 62.9 Å². The second kappa shape index (κ2) is 21.1. The Morgan fingerprint density at radius 3 is 2.44 bits per heavy atom. The van der Waals surface area contributed by atoms with Gasteiger partial charge in [-0.3, -0.25) is 34.0 Å². The molecule has 0 bridgehead atoms. The van der Waals surface area contributed by atoms with Crippen molar-refractivity contribution in [3.05, 3.63) is 77.6 Å². The second-order valence-electron chi connectivity index (χ2n) is 19.9. The van der Waals surface area contributed by atoms with Crippen LogP contribution in [0, 0.1) is 28.6 Å². The molecule has 362 valence electrons. The minimum absolute atomic E-state index is 0.126. The normalized spacial score (nSPS) is 18.7. The van der Waals surface area contributed by atoms with Crippen LogP contribution in [-0.2, 0) is 52.8 Å². The van der Waals surface area contributed by atoms with Crippen LogP contribution in [0.4, 0.5) is 0 Å². The lowest BCUT2D eigenvalue weighted by Gasteiger charge is -2.35. The lowest BCUT2D eigenvalue weighted by Crippen LogP contribution is -2.59. The van der Waals surface area contributed by atoms with E-state index in [0.29, 0.717) is 52.0 Å². The molecule has 68 heavy (non-hydrogen) atoms. The van der Waals surface area contributed by atoms with Crippen molar-refractivity contribution in [3.63, 3.8) is 0 Å². The quantitative estimate of drug-likeness (QED) is 0.0904. The van der Waals surface area contributed by atoms with Crippen molar-refractivity contribution >= 4 is 40.5 Å². The molecular weight excluding hydrogens is 859 g/mol. The number of nitrogens with one attached hydrogen (secondary N) is 2. The van der Waals surface area contributed by atoms with Crippen LogP contribution in [0.15, 0.2) is 60.8 Å². The Kier molecular flexibility index (Phi) is 15.5. The number of aromatic nitrogens is 2. The molecule has 14 heteroatoms. The third kappa shape index (κ3) is 10.5. The Bertz CT molecular complexity index is 2600. The molecule has 2 aromatic carbocycles. The third-order valence-corrected chi connectivity index (χ3v) is 14.0. The Labute approximate surface area is 401 Å². The van der Waals surface area contributed by atoms with E-state index in [1.807, 2.05) is 39.0 Å². The standard InChI is InChI=1S/C54H69N7O7/c1-10-16-46(63)58-27-22-54(33-58)23-28-60(52(54)66)48(35(3)4)50(64)57-44(51(65)61-26-13-12-25-56-61)30-38-17-14-18-39(29-38)40-20-21-45-42(31-40)43(32-53(7,8)34-68-37(6)62)49(59(45)11-2)41-19-15-24-55-47(41)36(5)67-9/h14-15,17-21,24,29,31,35-36,44,48,56H,11-13,22-23,25-28,30,32-34H2,1-9H3,(H,57,64)/t36-,44-,48-,54+/m0/s1. The molecule has 0 unspecified atom stereocenters. The maximum Gasteiger partial charge on any atom is 0.302 e. The van der Waals surface area contributed by atoms with E-state index in [1.165, 1.54) is 6.92 Å². The van der Waals surface area contributed by atoms with Crippen molar-refractivity contribution in [3.8, 4) is 34.2 Å². The third-order valence-electron chi connectivity index (χ3n) is 14.0. The van der Waals surface area contributed by atoms with Gasteiger partial charge >= 0.3 is 5.97 Å². The van der Waals surface area contributed by atoms with Gasteiger partial charge in [0.15, 0.2) is 0 Å². The van der Waals surface area contributed by atoms with Gasteiger partial charge in [-0.2, -0.15) is 0 Å². The molecule has 3 fully saturated rings. The molecular formula is C54H69N7O7. The number of carbonyl (C=O) groups is 5. The number of nitrogens with zero attached hydrogens (tertiary/aromatic N) is 5. The molecule has 4 amide bonds. The van der Waals surface area contributed by atoms with E-state index < -0.39 is 22.9 Å². The fraction of sp³-hybridized carbons (Fsp3) is 0.519. The summed E-state index contributed by atoms with van der Waals surface area (Å²) in [5.74, 6) is 3.69. The fourth-order valence-electron chi connectivity index (χ4n) is 10.5. The summed E-state index contributed by atoms with van der Waals surface area (Å²) >= 11 is 0. The summed E-state index contributed by atoms with van der Waals surface area (Å²) in [6, 6.07) is 17.0. The number of hydrogen-bond acceptors (Lipinski definition) is 9. The first-order valence-electron chi connectivity index (χ1n) is 24.2. The van der Waals surface area contributed by atoms with E-state index in [9.17, 15) is 24.0 Å². The Balaban J connectivity index is 1.22. The molecule has 5 heterocycles. The van der Waals surface area contributed by atoms with Crippen LogP contribution in [0.5, 0.6) is 0 Å². The number of rotatable bonds is 16. The SMILES string of the molecule is CC#CC(=O)N1CC[C@@]2(CCN([C@H](C(=O)N[C@@H](Cc3cccc(-c4ccc5c(c4)c(CC(C)(C)COC(C)=O)c(-c4cccnc4[C@H](C)OC)n5CC)c3)C(=O)N3CCCCN3)C(C)C)C2=O)C1. The van der Waals surface area contributed by atoms with Gasteiger partial charge in [-0.1, -0.05) is 63.9 Å². The number of ether oxygens (including phenoxy) is 2. The minimum atomic E-state index is -0.915. The Hall–Kier alpha value is -6.04. The molecule has 0 radical (unpaired) electrons. The number of benzene rings is 2. The Morgan fingerprint density at radius 1 is 0.985 bits per heavy atom. The topological polar surface area (TPSA) is 155 Å². The van der Waals surface area contributed by atoms with Gasteiger partial charge in [-0.25, -0.2) is 5.43 Å².